The maximum absolute atomic E-state index is 14.8. The van der Waals surface area contributed by atoms with Crippen molar-refractivity contribution >= 4 is 44.8 Å². The zero-order valence-electron chi connectivity index (χ0n) is 20.5. The molecule has 4 nitrogen and oxygen atoms in total. The standard InChI is InChI=1S/C28H33BrFN3OS/c1-18-15-20(19(2)32(18)25-14-13-21(29)17-24(25)30)16-26-27(34)33(23-11-7-4-8-12-23)28(35-26)31-22-9-5-3-6-10-22/h13-17,22-23H,3-12H2,1-2H3. The lowest BCUT2D eigenvalue weighted by molar-refractivity contribution is -0.124. The summed E-state index contributed by atoms with van der Waals surface area (Å²) < 4.78 is 17.4. The van der Waals surface area contributed by atoms with E-state index in [-0.39, 0.29) is 17.8 Å². The summed E-state index contributed by atoms with van der Waals surface area (Å²) in [5, 5.41) is 0.896. The molecule has 1 aromatic carbocycles. The van der Waals surface area contributed by atoms with E-state index in [1.165, 1.54) is 56.4 Å². The first kappa shape index (κ1) is 24.8. The first-order valence-electron chi connectivity index (χ1n) is 12.9. The predicted molar refractivity (Wildman–Crippen MR) is 146 cm³/mol. The van der Waals surface area contributed by atoms with Gasteiger partial charge in [0.05, 0.1) is 16.6 Å². The molecule has 35 heavy (non-hydrogen) atoms. The normalized spacial score (nSPS) is 22.6. The molecule has 1 saturated heterocycles. The summed E-state index contributed by atoms with van der Waals surface area (Å²) in [6.45, 7) is 3.96. The van der Waals surface area contributed by atoms with Gasteiger partial charge in [-0.05, 0) is 87.2 Å². The molecule has 1 amide bonds. The summed E-state index contributed by atoms with van der Waals surface area (Å²) >= 11 is 4.87. The molecule has 0 N–H and O–H groups in total. The molecule has 3 aliphatic rings. The number of hydrogen-bond acceptors (Lipinski definition) is 3. The molecule has 5 rings (SSSR count). The quantitative estimate of drug-likeness (QED) is 0.358. The molecule has 0 unspecified atom stereocenters. The fourth-order valence-electron chi connectivity index (χ4n) is 5.71. The van der Waals surface area contributed by atoms with Crippen LogP contribution in [0.25, 0.3) is 11.8 Å². The zero-order valence-corrected chi connectivity index (χ0v) is 22.9. The maximum Gasteiger partial charge on any atom is 0.267 e. The molecule has 0 bridgehead atoms. The van der Waals surface area contributed by atoms with Crippen LogP contribution in [-0.2, 0) is 4.79 Å². The van der Waals surface area contributed by atoms with Crippen LogP contribution in [-0.4, -0.2) is 32.6 Å². The third-order valence-corrected chi connectivity index (χ3v) is 9.04. The van der Waals surface area contributed by atoms with Crippen molar-refractivity contribution in [3.8, 4) is 5.69 Å². The van der Waals surface area contributed by atoms with Crippen molar-refractivity contribution in [2.24, 2.45) is 4.99 Å². The van der Waals surface area contributed by atoms with E-state index in [2.05, 4.69) is 15.9 Å². The number of aryl methyl sites for hydroxylation is 1. The van der Waals surface area contributed by atoms with Gasteiger partial charge in [0.2, 0.25) is 0 Å². The van der Waals surface area contributed by atoms with Crippen LogP contribution in [0, 0.1) is 19.7 Å². The smallest absolute Gasteiger partial charge is 0.267 e. The Morgan fingerprint density at radius 2 is 1.71 bits per heavy atom. The van der Waals surface area contributed by atoms with Crippen LogP contribution in [0.15, 0.2) is 38.6 Å². The Hall–Kier alpha value is -1.86. The van der Waals surface area contributed by atoms with Gasteiger partial charge in [-0.2, -0.15) is 0 Å². The highest BCUT2D eigenvalue weighted by Gasteiger charge is 2.39. The number of carbonyl (C=O) groups is 1. The molecule has 186 valence electrons. The van der Waals surface area contributed by atoms with Gasteiger partial charge in [-0.15, -0.1) is 0 Å². The molecule has 1 aromatic heterocycles. The van der Waals surface area contributed by atoms with Gasteiger partial charge in [-0.3, -0.25) is 14.7 Å². The molecular formula is C28H33BrFN3OS. The number of carbonyl (C=O) groups excluding carboxylic acids is 1. The molecule has 2 aliphatic carbocycles. The Bertz CT molecular complexity index is 1180. The van der Waals surface area contributed by atoms with Crippen LogP contribution in [0.1, 0.15) is 81.2 Å². The second-order valence-corrected chi connectivity index (χ2v) is 12.0. The Morgan fingerprint density at radius 1 is 1.03 bits per heavy atom. The number of hydrogen-bond donors (Lipinski definition) is 0. The summed E-state index contributed by atoms with van der Waals surface area (Å²) in [6, 6.07) is 7.74. The van der Waals surface area contributed by atoms with Crippen LogP contribution in [0.4, 0.5) is 4.39 Å². The summed E-state index contributed by atoms with van der Waals surface area (Å²) in [5.41, 5.74) is 3.32. The molecule has 0 atom stereocenters. The molecule has 2 saturated carbocycles. The number of thioether (sulfide) groups is 1. The summed E-state index contributed by atoms with van der Waals surface area (Å²) in [4.78, 5) is 21.6. The molecule has 0 spiro atoms. The highest BCUT2D eigenvalue weighted by atomic mass is 79.9. The minimum absolute atomic E-state index is 0.0797. The van der Waals surface area contributed by atoms with Gasteiger partial charge in [0.15, 0.2) is 5.17 Å². The third-order valence-electron chi connectivity index (χ3n) is 7.55. The number of amidine groups is 1. The number of benzene rings is 1. The van der Waals surface area contributed by atoms with Crippen LogP contribution in [0.5, 0.6) is 0 Å². The lowest BCUT2D eigenvalue weighted by Gasteiger charge is -2.31. The van der Waals surface area contributed by atoms with Gasteiger partial charge in [0.1, 0.15) is 5.82 Å². The van der Waals surface area contributed by atoms with Crippen molar-refractivity contribution in [3.05, 3.63) is 56.4 Å². The van der Waals surface area contributed by atoms with Crippen molar-refractivity contribution in [2.45, 2.75) is 90.1 Å². The molecule has 2 aromatic rings. The van der Waals surface area contributed by atoms with Crippen molar-refractivity contribution in [2.75, 3.05) is 0 Å². The van der Waals surface area contributed by atoms with Crippen molar-refractivity contribution in [3.63, 3.8) is 0 Å². The van der Waals surface area contributed by atoms with Crippen molar-refractivity contribution < 1.29 is 9.18 Å². The molecule has 7 heteroatoms. The van der Waals surface area contributed by atoms with Gasteiger partial charge in [-0.25, -0.2) is 4.39 Å². The molecule has 1 aliphatic heterocycles. The predicted octanol–water partition coefficient (Wildman–Crippen LogP) is 7.93. The van der Waals surface area contributed by atoms with E-state index in [1.807, 2.05) is 41.5 Å². The van der Waals surface area contributed by atoms with Gasteiger partial charge < -0.3 is 4.57 Å². The molecule has 0 radical (unpaired) electrons. The monoisotopic (exact) mass is 557 g/mol. The number of aromatic nitrogens is 1. The minimum Gasteiger partial charge on any atom is -0.315 e. The van der Waals surface area contributed by atoms with E-state index < -0.39 is 0 Å². The fraction of sp³-hybridized carbons (Fsp3) is 0.500. The number of aliphatic imine (C=N–C) groups is 1. The lowest BCUT2D eigenvalue weighted by atomic mass is 9.94. The maximum atomic E-state index is 14.8. The highest BCUT2D eigenvalue weighted by Crippen LogP contribution is 2.39. The fourth-order valence-corrected chi connectivity index (χ4v) is 7.15. The van der Waals surface area contributed by atoms with E-state index in [1.54, 1.807) is 6.07 Å². The summed E-state index contributed by atoms with van der Waals surface area (Å²) in [5.74, 6) is -0.201. The number of halogens is 2. The average molecular weight is 559 g/mol. The van der Waals surface area contributed by atoms with Gasteiger partial charge in [0.25, 0.3) is 5.91 Å². The number of amides is 1. The lowest BCUT2D eigenvalue weighted by Crippen LogP contribution is -2.41. The van der Waals surface area contributed by atoms with Crippen LogP contribution in [0.2, 0.25) is 0 Å². The Balaban J connectivity index is 1.49. The second-order valence-electron chi connectivity index (χ2n) is 10.0. The zero-order chi connectivity index (χ0) is 24.5. The van der Waals surface area contributed by atoms with Crippen LogP contribution in [0.3, 0.4) is 0 Å². The van der Waals surface area contributed by atoms with Gasteiger partial charge in [-0.1, -0.05) is 54.5 Å². The van der Waals surface area contributed by atoms with Crippen LogP contribution < -0.4 is 0 Å². The van der Waals surface area contributed by atoms with E-state index in [9.17, 15) is 9.18 Å². The number of rotatable bonds is 4. The molecule has 2 heterocycles. The van der Waals surface area contributed by atoms with Crippen molar-refractivity contribution in [1.82, 2.24) is 9.47 Å². The van der Waals surface area contributed by atoms with E-state index >= 15 is 0 Å². The molecule has 3 fully saturated rings. The van der Waals surface area contributed by atoms with E-state index in [4.69, 9.17) is 4.99 Å². The van der Waals surface area contributed by atoms with Gasteiger partial charge in [0, 0.05) is 21.9 Å². The average Bonchev–Trinajstić information content (AvgIpc) is 3.30. The SMILES string of the molecule is Cc1cc(C=C2SC(=NC3CCCCC3)N(C3CCCCC3)C2=O)c(C)n1-c1ccc(Br)cc1F. The Labute approximate surface area is 220 Å². The first-order chi connectivity index (χ1) is 16.9. The minimum atomic E-state index is -0.280. The summed E-state index contributed by atoms with van der Waals surface area (Å²) in [7, 11) is 0. The Kier molecular flexibility index (Phi) is 7.54. The van der Waals surface area contributed by atoms with E-state index in [0.29, 0.717) is 16.2 Å². The van der Waals surface area contributed by atoms with Crippen molar-refractivity contribution in [1.29, 1.82) is 0 Å². The van der Waals surface area contributed by atoms with Crippen LogP contribution >= 0.6 is 27.7 Å². The highest BCUT2D eigenvalue weighted by molar-refractivity contribution is 9.10. The topological polar surface area (TPSA) is 37.6 Å². The third kappa shape index (κ3) is 5.17. The molecular weight excluding hydrogens is 525 g/mol. The summed E-state index contributed by atoms with van der Waals surface area (Å²) in [6.07, 6.45) is 13.7. The number of nitrogens with zero attached hydrogens (tertiary/aromatic N) is 3. The van der Waals surface area contributed by atoms with E-state index in [0.717, 1.165) is 52.7 Å². The largest absolute Gasteiger partial charge is 0.315 e. The Morgan fingerprint density at radius 3 is 2.40 bits per heavy atom. The second kappa shape index (κ2) is 10.6. The first-order valence-corrected chi connectivity index (χ1v) is 14.5. The van der Waals surface area contributed by atoms with Gasteiger partial charge >= 0.3 is 0 Å².